The van der Waals surface area contributed by atoms with Gasteiger partial charge in [-0.1, -0.05) is 12.8 Å². The predicted molar refractivity (Wildman–Crippen MR) is 115 cm³/mol. The zero-order valence-electron chi connectivity index (χ0n) is 17.4. The van der Waals surface area contributed by atoms with Crippen LogP contribution in [-0.2, 0) is 14.8 Å². The van der Waals surface area contributed by atoms with E-state index >= 15 is 0 Å². The molecule has 0 spiro atoms. The number of methoxy groups -OCH3 is 1. The highest BCUT2D eigenvalue weighted by Gasteiger charge is 2.26. The van der Waals surface area contributed by atoms with E-state index in [1.54, 1.807) is 6.07 Å². The molecular weight excluding hydrogens is 422 g/mol. The van der Waals surface area contributed by atoms with Crippen LogP contribution in [0.3, 0.4) is 0 Å². The number of hydrogen-bond acceptors (Lipinski definition) is 6. The van der Waals surface area contributed by atoms with Crippen molar-refractivity contribution in [1.29, 1.82) is 0 Å². The molecule has 3 rings (SSSR count). The summed E-state index contributed by atoms with van der Waals surface area (Å²) in [6, 6.07) is 7.55. The van der Waals surface area contributed by atoms with Crippen LogP contribution in [0, 0.1) is 0 Å². The van der Waals surface area contributed by atoms with Crippen LogP contribution in [0.5, 0.6) is 5.75 Å². The molecule has 2 heterocycles. The van der Waals surface area contributed by atoms with Crippen molar-refractivity contribution in [2.75, 3.05) is 32.1 Å². The maximum absolute atomic E-state index is 13.1. The number of nitrogens with zero attached hydrogens (tertiary/aromatic N) is 1. The lowest BCUT2D eigenvalue weighted by Gasteiger charge is -2.21. The van der Waals surface area contributed by atoms with E-state index in [1.165, 1.54) is 41.9 Å². The maximum Gasteiger partial charge on any atom is 0.286 e. The normalized spacial score (nSPS) is 15.1. The SMILES string of the molecule is COc1ccc(S(=O)(=O)N2CCCCCC2)cc1NC(=O)CCNC(=O)c1ccco1. The van der Waals surface area contributed by atoms with Crippen molar-refractivity contribution < 1.29 is 27.2 Å². The Kier molecular flexibility index (Phi) is 7.69. The van der Waals surface area contributed by atoms with E-state index < -0.39 is 15.9 Å². The van der Waals surface area contributed by atoms with Crippen LogP contribution in [-0.4, -0.2) is 51.3 Å². The van der Waals surface area contributed by atoms with Gasteiger partial charge >= 0.3 is 0 Å². The molecule has 2 aromatic rings. The summed E-state index contributed by atoms with van der Waals surface area (Å²) in [5.41, 5.74) is 0.265. The average Bonchev–Trinajstić information content (AvgIpc) is 3.15. The van der Waals surface area contributed by atoms with Crippen molar-refractivity contribution in [3.05, 3.63) is 42.4 Å². The van der Waals surface area contributed by atoms with E-state index in [-0.39, 0.29) is 35.2 Å². The third-order valence-corrected chi connectivity index (χ3v) is 6.93. The third kappa shape index (κ3) is 5.86. The van der Waals surface area contributed by atoms with Crippen molar-refractivity contribution >= 4 is 27.5 Å². The fraction of sp³-hybridized carbons (Fsp3) is 0.429. The summed E-state index contributed by atoms with van der Waals surface area (Å²) in [7, 11) is -2.22. The number of sulfonamides is 1. The molecule has 1 aliphatic heterocycles. The molecule has 1 fully saturated rings. The Morgan fingerprint density at radius 1 is 1.13 bits per heavy atom. The maximum atomic E-state index is 13.1. The first-order chi connectivity index (χ1) is 14.9. The molecule has 31 heavy (non-hydrogen) atoms. The van der Waals surface area contributed by atoms with Gasteiger partial charge in [-0.25, -0.2) is 8.42 Å². The molecule has 1 aliphatic rings. The van der Waals surface area contributed by atoms with E-state index in [1.807, 2.05) is 0 Å². The topological polar surface area (TPSA) is 118 Å². The van der Waals surface area contributed by atoms with Gasteiger partial charge in [0.25, 0.3) is 5.91 Å². The number of benzene rings is 1. The highest BCUT2D eigenvalue weighted by atomic mass is 32.2. The number of amides is 2. The van der Waals surface area contributed by atoms with Gasteiger partial charge in [-0.2, -0.15) is 4.31 Å². The molecule has 0 atom stereocenters. The van der Waals surface area contributed by atoms with Crippen molar-refractivity contribution in [1.82, 2.24) is 9.62 Å². The lowest BCUT2D eigenvalue weighted by atomic mass is 10.2. The number of carbonyl (C=O) groups excluding carboxylic acids is 2. The fourth-order valence-electron chi connectivity index (χ4n) is 3.37. The van der Waals surface area contributed by atoms with Gasteiger partial charge in [-0.05, 0) is 43.2 Å². The fourth-order valence-corrected chi connectivity index (χ4v) is 4.92. The van der Waals surface area contributed by atoms with Gasteiger partial charge in [0, 0.05) is 26.1 Å². The largest absolute Gasteiger partial charge is 0.495 e. The van der Waals surface area contributed by atoms with Gasteiger partial charge in [0.15, 0.2) is 5.76 Å². The van der Waals surface area contributed by atoms with Gasteiger partial charge in [0.1, 0.15) is 5.75 Å². The minimum absolute atomic E-state index is 0.00128. The molecule has 0 bridgehead atoms. The molecule has 10 heteroatoms. The number of hydrogen-bond donors (Lipinski definition) is 2. The molecule has 1 saturated heterocycles. The Morgan fingerprint density at radius 2 is 1.87 bits per heavy atom. The molecule has 0 radical (unpaired) electrons. The van der Waals surface area contributed by atoms with Gasteiger partial charge < -0.3 is 19.8 Å². The molecular formula is C21H27N3O6S. The lowest BCUT2D eigenvalue weighted by Crippen LogP contribution is -2.32. The van der Waals surface area contributed by atoms with E-state index in [9.17, 15) is 18.0 Å². The smallest absolute Gasteiger partial charge is 0.286 e. The minimum Gasteiger partial charge on any atom is -0.495 e. The van der Waals surface area contributed by atoms with Gasteiger partial charge in [-0.15, -0.1) is 0 Å². The molecule has 168 valence electrons. The molecule has 2 N–H and O–H groups in total. The second kappa shape index (κ2) is 10.5. The molecule has 1 aromatic carbocycles. The summed E-state index contributed by atoms with van der Waals surface area (Å²) in [6.45, 7) is 1.08. The minimum atomic E-state index is -3.66. The second-order valence-corrected chi connectivity index (χ2v) is 9.15. The summed E-state index contributed by atoms with van der Waals surface area (Å²) in [4.78, 5) is 24.3. The van der Waals surface area contributed by atoms with Crippen molar-refractivity contribution in [2.24, 2.45) is 0 Å². The average molecular weight is 450 g/mol. The predicted octanol–water partition coefficient (Wildman–Crippen LogP) is 2.61. The number of nitrogens with one attached hydrogen (secondary N) is 2. The van der Waals surface area contributed by atoms with Crippen LogP contribution in [0.2, 0.25) is 0 Å². The van der Waals surface area contributed by atoms with Crippen molar-refractivity contribution in [3.63, 3.8) is 0 Å². The van der Waals surface area contributed by atoms with Gasteiger partial charge in [-0.3, -0.25) is 9.59 Å². The number of ether oxygens (including phenoxy) is 1. The zero-order chi connectivity index (χ0) is 22.3. The number of rotatable bonds is 8. The highest BCUT2D eigenvalue weighted by molar-refractivity contribution is 7.89. The van der Waals surface area contributed by atoms with Crippen LogP contribution in [0.25, 0.3) is 0 Å². The zero-order valence-corrected chi connectivity index (χ0v) is 18.2. The van der Waals surface area contributed by atoms with Crippen LogP contribution in [0.4, 0.5) is 5.69 Å². The van der Waals surface area contributed by atoms with E-state index in [2.05, 4.69) is 10.6 Å². The summed E-state index contributed by atoms with van der Waals surface area (Å²) in [6.07, 6.45) is 5.10. The van der Waals surface area contributed by atoms with Crippen LogP contribution in [0.15, 0.2) is 45.9 Å². The number of furan rings is 1. The summed E-state index contributed by atoms with van der Waals surface area (Å²) >= 11 is 0. The van der Waals surface area contributed by atoms with Crippen LogP contribution >= 0.6 is 0 Å². The third-order valence-electron chi connectivity index (χ3n) is 5.03. The first-order valence-corrected chi connectivity index (χ1v) is 11.7. The van der Waals surface area contributed by atoms with Crippen LogP contribution in [0.1, 0.15) is 42.7 Å². The monoisotopic (exact) mass is 449 g/mol. The first kappa shape index (κ1) is 22.8. The molecule has 9 nitrogen and oxygen atoms in total. The Morgan fingerprint density at radius 3 is 2.52 bits per heavy atom. The Balaban J connectivity index is 1.65. The van der Waals surface area contributed by atoms with Crippen molar-refractivity contribution in [2.45, 2.75) is 37.0 Å². The lowest BCUT2D eigenvalue weighted by molar-refractivity contribution is -0.116. The summed E-state index contributed by atoms with van der Waals surface area (Å²) < 4.78 is 37.9. The first-order valence-electron chi connectivity index (χ1n) is 10.2. The van der Waals surface area contributed by atoms with E-state index in [0.29, 0.717) is 18.8 Å². The molecule has 2 amide bonds. The van der Waals surface area contributed by atoms with E-state index in [4.69, 9.17) is 9.15 Å². The summed E-state index contributed by atoms with van der Waals surface area (Å²) in [5.74, 6) is -0.292. The Bertz CT molecular complexity index is 996. The second-order valence-electron chi connectivity index (χ2n) is 7.21. The van der Waals surface area contributed by atoms with Gasteiger partial charge in [0.2, 0.25) is 15.9 Å². The Hall–Kier alpha value is -2.85. The Labute approximate surface area is 181 Å². The molecule has 0 aliphatic carbocycles. The standard InChI is InChI=1S/C21H27N3O6S/c1-29-18-9-8-16(31(27,28)24-12-4-2-3-5-13-24)15-17(18)23-20(25)10-11-22-21(26)19-7-6-14-30-19/h6-9,14-15H,2-5,10-13H2,1H3,(H,22,26)(H,23,25). The summed E-state index contributed by atoms with van der Waals surface area (Å²) in [5, 5.41) is 5.26. The number of carbonyl (C=O) groups is 2. The van der Waals surface area contributed by atoms with Crippen molar-refractivity contribution in [3.8, 4) is 5.75 Å². The highest BCUT2D eigenvalue weighted by Crippen LogP contribution is 2.30. The molecule has 0 unspecified atom stereocenters. The van der Waals surface area contributed by atoms with Gasteiger partial charge in [0.05, 0.1) is 24.0 Å². The molecule has 1 aromatic heterocycles. The van der Waals surface area contributed by atoms with E-state index in [0.717, 1.165) is 25.7 Å². The quantitative estimate of drug-likeness (QED) is 0.640. The number of anilines is 1. The molecule has 0 saturated carbocycles. The van der Waals surface area contributed by atoms with Crippen LogP contribution < -0.4 is 15.4 Å².